The molecule has 1 aromatic carbocycles. The highest BCUT2D eigenvalue weighted by Gasteiger charge is 2.03. The zero-order chi connectivity index (χ0) is 9.84. The van der Waals surface area contributed by atoms with E-state index in [0.717, 1.165) is 0 Å². The highest BCUT2D eigenvalue weighted by atomic mass is 16.9. The largest absolute Gasteiger partial charge is 0.629 e. The first-order valence-corrected chi connectivity index (χ1v) is 3.84. The van der Waals surface area contributed by atoms with Crippen molar-refractivity contribution < 1.29 is 15.1 Å². The Morgan fingerprint density at radius 2 is 1.54 bits per heavy atom. The molecule has 72 valence electrons. The first-order chi connectivity index (χ1) is 6.15. The Labute approximate surface area is 76.2 Å². The molecule has 0 aliphatic heterocycles. The van der Waals surface area contributed by atoms with Gasteiger partial charge in [0.05, 0.1) is 14.2 Å². The SMILES string of the molecule is CO[NH+]([O-])c1ccc([NH+](C)[O-])cc1. The maximum Gasteiger partial charge on any atom is 0.164 e. The second-order valence-corrected chi connectivity index (χ2v) is 2.63. The molecule has 0 amide bonds. The molecule has 2 atom stereocenters. The van der Waals surface area contributed by atoms with Crippen LogP contribution in [-0.4, -0.2) is 14.2 Å². The number of rotatable bonds is 3. The van der Waals surface area contributed by atoms with Crippen molar-refractivity contribution in [3.63, 3.8) is 0 Å². The van der Waals surface area contributed by atoms with Crippen molar-refractivity contribution >= 4 is 11.4 Å². The molecule has 0 aromatic heterocycles. The molecule has 2 unspecified atom stereocenters. The first kappa shape index (κ1) is 10.1. The molecule has 2 N–H and O–H groups in total. The van der Waals surface area contributed by atoms with Gasteiger partial charge in [0.2, 0.25) is 0 Å². The van der Waals surface area contributed by atoms with Gasteiger partial charge in [-0.15, -0.1) is 0 Å². The van der Waals surface area contributed by atoms with E-state index in [2.05, 4.69) is 4.84 Å². The van der Waals surface area contributed by atoms with Gasteiger partial charge in [0.15, 0.2) is 5.69 Å². The molecular formula is C8H12N2O3. The maximum absolute atomic E-state index is 11.0. The van der Waals surface area contributed by atoms with Crippen LogP contribution in [0.25, 0.3) is 0 Å². The summed E-state index contributed by atoms with van der Waals surface area (Å²) in [6, 6.07) is 6.36. The van der Waals surface area contributed by atoms with Gasteiger partial charge in [0.1, 0.15) is 5.69 Å². The van der Waals surface area contributed by atoms with Gasteiger partial charge in [-0.05, 0) is 0 Å². The summed E-state index contributed by atoms with van der Waals surface area (Å²) < 4.78 is 0. The number of benzene rings is 1. The number of nitrogens with one attached hydrogen (secondary N) is 2. The van der Waals surface area contributed by atoms with E-state index in [1.807, 2.05) is 0 Å². The van der Waals surface area contributed by atoms with Crippen molar-refractivity contribution in [3.05, 3.63) is 34.7 Å². The van der Waals surface area contributed by atoms with Crippen LogP contribution in [-0.2, 0) is 4.84 Å². The summed E-state index contributed by atoms with van der Waals surface area (Å²) in [5, 5.41) is 21.5. The van der Waals surface area contributed by atoms with Crippen LogP contribution in [0.1, 0.15) is 0 Å². The molecule has 0 heterocycles. The summed E-state index contributed by atoms with van der Waals surface area (Å²) in [5.74, 6) is 0. The Morgan fingerprint density at radius 1 is 1.08 bits per heavy atom. The van der Waals surface area contributed by atoms with Crippen LogP contribution in [0.15, 0.2) is 24.3 Å². The summed E-state index contributed by atoms with van der Waals surface area (Å²) >= 11 is 0. The number of quaternary nitrogens is 2. The zero-order valence-corrected chi connectivity index (χ0v) is 7.53. The predicted octanol–water partition coefficient (Wildman–Crippen LogP) is -1.09. The lowest BCUT2D eigenvalue weighted by atomic mass is 10.3. The van der Waals surface area contributed by atoms with E-state index in [1.54, 1.807) is 24.3 Å². The minimum Gasteiger partial charge on any atom is -0.629 e. The molecule has 0 aliphatic carbocycles. The minimum absolute atomic E-state index is 0.0172. The fourth-order valence-electron chi connectivity index (χ4n) is 0.959. The molecule has 1 rings (SSSR count). The summed E-state index contributed by atoms with van der Waals surface area (Å²) in [4.78, 5) is 4.51. The minimum atomic E-state index is -0.393. The third kappa shape index (κ3) is 2.48. The molecule has 0 bridgehead atoms. The highest BCUT2D eigenvalue weighted by molar-refractivity contribution is 5.39. The molecule has 5 nitrogen and oxygen atoms in total. The summed E-state index contributed by atoms with van der Waals surface area (Å²) in [6.45, 7) is 0. The third-order valence-corrected chi connectivity index (χ3v) is 1.71. The van der Waals surface area contributed by atoms with Crippen molar-refractivity contribution in [3.8, 4) is 0 Å². The predicted molar refractivity (Wildman–Crippen MR) is 47.4 cm³/mol. The lowest BCUT2D eigenvalue weighted by molar-refractivity contribution is -0.992. The second kappa shape index (κ2) is 4.31. The number of hydroxylamine groups is 1. The first-order valence-electron chi connectivity index (χ1n) is 3.84. The van der Waals surface area contributed by atoms with E-state index in [-0.39, 0.29) is 5.06 Å². The van der Waals surface area contributed by atoms with E-state index in [0.29, 0.717) is 11.4 Å². The molecule has 0 saturated carbocycles. The number of hydrogen-bond acceptors (Lipinski definition) is 3. The molecule has 0 fully saturated rings. The maximum atomic E-state index is 11.0. The van der Waals surface area contributed by atoms with Crippen molar-refractivity contribution in [2.45, 2.75) is 0 Å². The third-order valence-electron chi connectivity index (χ3n) is 1.71. The summed E-state index contributed by atoms with van der Waals surface area (Å²) in [5.41, 5.74) is 1.04. The van der Waals surface area contributed by atoms with E-state index in [9.17, 15) is 10.4 Å². The van der Waals surface area contributed by atoms with Crippen LogP contribution >= 0.6 is 0 Å². The molecular weight excluding hydrogens is 172 g/mol. The average molecular weight is 184 g/mol. The van der Waals surface area contributed by atoms with Crippen molar-refractivity contribution in [1.82, 2.24) is 0 Å². The van der Waals surface area contributed by atoms with Gasteiger partial charge in [-0.25, -0.2) is 4.84 Å². The Bertz CT molecular complexity index is 261. The normalized spacial score (nSPS) is 15.4. The summed E-state index contributed by atoms with van der Waals surface area (Å²) in [6.07, 6.45) is 0. The Morgan fingerprint density at radius 3 is 1.92 bits per heavy atom. The smallest absolute Gasteiger partial charge is 0.164 e. The van der Waals surface area contributed by atoms with Gasteiger partial charge in [-0.1, -0.05) is 0 Å². The lowest BCUT2D eigenvalue weighted by Crippen LogP contribution is -3.00. The Kier molecular flexibility index (Phi) is 3.35. The number of hydrogen-bond donors (Lipinski definition) is 2. The molecule has 1 aromatic rings. The zero-order valence-electron chi connectivity index (χ0n) is 7.53. The van der Waals surface area contributed by atoms with E-state index in [1.165, 1.54) is 14.2 Å². The molecule has 0 radical (unpaired) electrons. The van der Waals surface area contributed by atoms with Gasteiger partial charge in [-0.3, -0.25) is 0 Å². The van der Waals surface area contributed by atoms with Crippen LogP contribution < -0.4 is 10.3 Å². The van der Waals surface area contributed by atoms with Gasteiger partial charge >= 0.3 is 0 Å². The van der Waals surface area contributed by atoms with Gasteiger partial charge in [0, 0.05) is 24.3 Å². The fraction of sp³-hybridized carbons (Fsp3) is 0.250. The monoisotopic (exact) mass is 184 g/mol. The quantitative estimate of drug-likeness (QED) is 0.586. The van der Waals surface area contributed by atoms with Crippen LogP contribution in [0.4, 0.5) is 11.4 Å². The second-order valence-electron chi connectivity index (χ2n) is 2.63. The molecule has 0 spiro atoms. The van der Waals surface area contributed by atoms with Crippen LogP contribution in [0, 0.1) is 10.4 Å². The highest BCUT2D eigenvalue weighted by Crippen LogP contribution is 2.05. The van der Waals surface area contributed by atoms with E-state index >= 15 is 0 Å². The molecule has 5 heteroatoms. The van der Waals surface area contributed by atoms with Crippen molar-refractivity contribution in [2.75, 3.05) is 14.2 Å². The molecule has 0 saturated heterocycles. The van der Waals surface area contributed by atoms with Gasteiger partial charge in [0.25, 0.3) is 0 Å². The van der Waals surface area contributed by atoms with Crippen LogP contribution in [0.3, 0.4) is 0 Å². The van der Waals surface area contributed by atoms with E-state index < -0.39 is 5.23 Å². The summed E-state index contributed by atoms with van der Waals surface area (Å²) in [7, 11) is 2.80. The topological polar surface area (TPSA) is 64.2 Å². The Balaban J connectivity index is 2.81. The lowest BCUT2D eigenvalue weighted by Gasteiger charge is -2.18. The standard InChI is InChI=1S/C8H12N2O3/c1-9(11)7-3-5-8(6-4-7)10(12)13-2/h3-6,9-10H,1-2H3. The Hall–Kier alpha value is -0.980. The molecule has 0 aliphatic rings. The van der Waals surface area contributed by atoms with E-state index in [4.69, 9.17) is 0 Å². The average Bonchev–Trinajstić information content (AvgIpc) is 2.17. The molecule has 13 heavy (non-hydrogen) atoms. The van der Waals surface area contributed by atoms with Crippen LogP contribution in [0.2, 0.25) is 0 Å². The fourth-order valence-corrected chi connectivity index (χ4v) is 0.959. The van der Waals surface area contributed by atoms with Crippen molar-refractivity contribution in [2.24, 2.45) is 0 Å². The van der Waals surface area contributed by atoms with Crippen LogP contribution in [0.5, 0.6) is 0 Å². The van der Waals surface area contributed by atoms with Gasteiger partial charge in [-0.2, -0.15) is 5.23 Å². The van der Waals surface area contributed by atoms with Crippen molar-refractivity contribution in [1.29, 1.82) is 0 Å². The van der Waals surface area contributed by atoms with Gasteiger partial charge < -0.3 is 15.5 Å².